The second kappa shape index (κ2) is 7.42. The summed E-state index contributed by atoms with van der Waals surface area (Å²) in [6.45, 7) is 2.45. The fraction of sp³-hybridized carbons (Fsp3) is 0.100. The van der Waals surface area contributed by atoms with Gasteiger partial charge in [-0.2, -0.15) is 5.11 Å². The number of phenolic OH excluding ortho intramolecular Hbond substituents is 1. The van der Waals surface area contributed by atoms with Crippen LogP contribution in [0.5, 0.6) is 11.5 Å². The number of benzene rings is 3. The SMILES string of the molecule is Cc1cccc(N=Nc2cc(OCc3ccccc3)ccc2O)c1. The zero-order valence-corrected chi connectivity index (χ0v) is 13.4. The van der Waals surface area contributed by atoms with Gasteiger partial charge in [0.05, 0.1) is 5.69 Å². The van der Waals surface area contributed by atoms with Gasteiger partial charge in [-0.25, -0.2) is 0 Å². The first-order valence-corrected chi connectivity index (χ1v) is 7.69. The fourth-order valence-electron chi connectivity index (χ4n) is 2.22. The van der Waals surface area contributed by atoms with Gasteiger partial charge in [-0.3, -0.25) is 0 Å². The molecule has 0 saturated carbocycles. The zero-order chi connectivity index (χ0) is 16.8. The highest BCUT2D eigenvalue weighted by Gasteiger charge is 2.04. The smallest absolute Gasteiger partial charge is 0.143 e. The number of hydrogen-bond donors (Lipinski definition) is 1. The van der Waals surface area contributed by atoms with E-state index in [0.717, 1.165) is 16.8 Å². The summed E-state index contributed by atoms with van der Waals surface area (Å²) < 4.78 is 5.75. The molecular weight excluding hydrogens is 300 g/mol. The Morgan fingerprint density at radius 1 is 0.875 bits per heavy atom. The second-order valence-corrected chi connectivity index (χ2v) is 5.46. The lowest BCUT2D eigenvalue weighted by Gasteiger charge is -2.07. The summed E-state index contributed by atoms with van der Waals surface area (Å²) in [6.07, 6.45) is 0. The van der Waals surface area contributed by atoms with Gasteiger partial charge in [0.2, 0.25) is 0 Å². The molecule has 24 heavy (non-hydrogen) atoms. The first kappa shape index (κ1) is 15.7. The highest BCUT2D eigenvalue weighted by atomic mass is 16.5. The Morgan fingerprint density at radius 3 is 2.50 bits per heavy atom. The molecule has 0 unspecified atom stereocenters. The summed E-state index contributed by atoms with van der Waals surface area (Å²) >= 11 is 0. The van der Waals surface area contributed by atoms with E-state index in [0.29, 0.717) is 18.0 Å². The van der Waals surface area contributed by atoms with Crippen molar-refractivity contribution in [1.29, 1.82) is 0 Å². The number of phenols is 1. The van der Waals surface area contributed by atoms with Crippen molar-refractivity contribution in [1.82, 2.24) is 0 Å². The van der Waals surface area contributed by atoms with Crippen molar-refractivity contribution in [2.75, 3.05) is 0 Å². The maximum Gasteiger partial charge on any atom is 0.143 e. The number of rotatable bonds is 5. The lowest BCUT2D eigenvalue weighted by Crippen LogP contribution is -1.94. The molecular formula is C20H18N2O2. The van der Waals surface area contributed by atoms with E-state index in [1.165, 1.54) is 0 Å². The van der Waals surface area contributed by atoms with Gasteiger partial charge in [0.15, 0.2) is 0 Å². The van der Waals surface area contributed by atoms with Crippen LogP contribution in [0.3, 0.4) is 0 Å². The third-order valence-electron chi connectivity index (χ3n) is 3.47. The van der Waals surface area contributed by atoms with E-state index >= 15 is 0 Å². The number of aromatic hydroxyl groups is 1. The fourth-order valence-corrected chi connectivity index (χ4v) is 2.22. The van der Waals surface area contributed by atoms with Crippen LogP contribution in [0, 0.1) is 6.92 Å². The van der Waals surface area contributed by atoms with Crippen molar-refractivity contribution in [3.05, 3.63) is 83.9 Å². The average Bonchev–Trinajstić information content (AvgIpc) is 2.61. The molecule has 0 amide bonds. The maximum absolute atomic E-state index is 9.94. The summed E-state index contributed by atoms with van der Waals surface area (Å²) in [6, 6.07) is 22.6. The number of azo groups is 1. The summed E-state index contributed by atoms with van der Waals surface area (Å²) in [7, 11) is 0. The van der Waals surface area contributed by atoms with Gasteiger partial charge in [0.25, 0.3) is 0 Å². The highest BCUT2D eigenvalue weighted by Crippen LogP contribution is 2.32. The first-order chi connectivity index (χ1) is 11.7. The van der Waals surface area contributed by atoms with Crippen molar-refractivity contribution in [2.24, 2.45) is 10.2 Å². The molecule has 3 aromatic carbocycles. The number of aryl methyl sites for hydroxylation is 1. The number of hydrogen-bond acceptors (Lipinski definition) is 4. The lowest BCUT2D eigenvalue weighted by molar-refractivity contribution is 0.306. The topological polar surface area (TPSA) is 54.2 Å². The minimum absolute atomic E-state index is 0.0680. The van der Waals surface area contributed by atoms with Crippen LogP contribution in [0.1, 0.15) is 11.1 Å². The minimum atomic E-state index is 0.0680. The zero-order valence-electron chi connectivity index (χ0n) is 13.4. The summed E-state index contributed by atoms with van der Waals surface area (Å²) in [5, 5.41) is 18.2. The molecule has 0 aliphatic carbocycles. The van der Waals surface area contributed by atoms with E-state index in [1.54, 1.807) is 18.2 Å². The van der Waals surface area contributed by atoms with E-state index in [-0.39, 0.29) is 5.75 Å². The largest absolute Gasteiger partial charge is 0.506 e. The molecule has 0 aromatic heterocycles. The standard InChI is InChI=1S/C20H18N2O2/c1-15-6-5-9-17(12-15)21-22-19-13-18(10-11-20(19)23)24-14-16-7-3-2-4-8-16/h2-13,23H,14H2,1H3. The second-order valence-electron chi connectivity index (χ2n) is 5.46. The van der Waals surface area contributed by atoms with Gasteiger partial charge in [0, 0.05) is 6.07 Å². The van der Waals surface area contributed by atoms with Crippen LogP contribution in [0.15, 0.2) is 83.0 Å². The maximum atomic E-state index is 9.94. The van der Waals surface area contributed by atoms with Crippen molar-refractivity contribution in [3.63, 3.8) is 0 Å². The third kappa shape index (κ3) is 4.20. The van der Waals surface area contributed by atoms with Crippen molar-refractivity contribution >= 4 is 11.4 Å². The predicted molar refractivity (Wildman–Crippen MR) is 94.2 cm³/mol. The van der Waals surface area contributed by atoms with E-state index in [4.69, 9.17) is 4.74 Å². The van der Waals surface area contributed by atoms with Crippen molar-refractivity contribution in [3.8, 4) is 11.5 Å². The lowest BCUT2D eigenvalue weighted by atomic mass is 10.2. The Hall–Kier alpha value is -3.14. The van der Waals surface area contributed by atoms with Gasteiger partial charge in [0.1, 0.15) is 23.8 Å². The Labute approximate surface area is 141 Å². The average molecular weight is 318 g/mol. The monoisotopic (exact) mass is 318 g/mol. The molecule has 4 nitrogen and oxygen atoms in total. The summed E-state index contributed by atoms with van der Waals surface area (Å²) in [5.41, 5.74) is 3.30. The van der Waals surface area contributed by atoms with E-state index < -0.39 is 0 Å². The van der Waals surface area contributed by atoms with Gasteiger partial charge >= 0.3 is 0 Å². The summed E-state index contributed by atoms with van der Waals surface area (Å²) in [5.74, 6) is 0.702. The molecule has 0 aliphatic heterocycles. The Morgan fingerprint density at radius 2 is 1.71 bits per heavy atom. The molecule has 0 saturated heterocycles. The van der Waals surface area contributed by atoms with Crippen LogP contribution in [0.4, 0.5) is 11.4 Å². The molecule has 0 bridgehead atoms. The molecule has 0 fully saturated rings. The van der Waals surface area contributed by atoms with Gasteiger partial charge in [-0.05, 0) is 42.3 Å². The van der Waals surface area contributed by atoms with E-state index in [9.17, 15) is 5.11 Å². The minimum Gasteiger partial charge on any atom is -0.506 e. The molecule has 3 aromatic rings. The molecule has 0 spiro atoms. The summed E-state index contributed by atoms with van der Waals surface area (Å²) in [4.78, 5) is 0. The molecule has 0 radical (unpaired) electrons. The molecule has 0 aliphatic rings. The normalized spacial score (nSPS) is 10.9. The van der Waals surface area contributed by atoms with Gasteiger partial charge < -0.3 is 9.84 Å². The van der Waals surface area contributed by atoms with Crippen molar-refractivity contribution in [2.45, 2.75) is 13.5 Å². The molecule has 3 rings (SSSR count). The third-order valence-corrected chi connectivity index (χ3v) is 3.47. The van der Waals surface area contributed by atoms with Crippen LogP contribution < -0.4 is 4.74 Å². The molecule has 0 heterocycles. The molecule has 1 N–H and O–H groups in total. The Balaban J connectivity index is 1.74. The van der Waals surface area contributed by atoms with E-state index in [2.05, 4.69) is 10.2 Å². The number of nitrogens with zero attached hydrogens (tertiary/aromatic N) is 2. The van der Waals surface area contributed by atoms with Crippen LogP contribution in [-0.4, -0.2) is 5.11 Å². The van der Waals surface area contributed by atoms with Gasteiger partial charge in [-0.15, -0.1) is 5.11 Å². The molecule has 4 heteroatoms. The van der Waals surface area contributed by atoms with E-state index in [1.807, 2.05) is 61.5 Å². The quantitative estimate of drug-likeness (QED) is 0.614. The highest BCUT2D eigenvalue weighted by molar-refractivity contribution is 5.55. The van der Waals surface area contributed by atoms with Crippen LogP contribution in [-0.2, 0) is 6.61 Å². The van der Waals surface area contributed by atoms with Gasteiger partial charge in [-0.1, -0.05) is 42.5 Å². The van der Waals surface area contributed by atoms with Crippen molar-refractivity contribution < 1.29 is 9.84 Å². The van der Waals surface area contributed by atoms with Crippen LogP contribution in [0.25, 0.3) is 0 Å². The molecule has 120 valence electrons. The Kier molecular flexibility index (Phi) is 4.87. The first-order valence-electron chi connectivity index (χ1n) is 7.69. The number of ether oxygens (including phenoxy) is 1. The van der Waals surface area contributed by atoms with Crippen LogP contribution in [0.2, 0.25) is 0 Å². The molecule has 0 atom stereocenters. The predicted octanol–water partition coefficient (Wildman–Crippen LogP) is 5.70. The Bertz CT molecular complexity index is 845. The van der Waals surface area contributed by atoms with Crippen LogP contribution >= 0.6 is 0 Å².